The molecule has 2 nitrogen and oxygen atoms in total. The lowest BCUT2D eigenvalue weighted by molar-refractivity contribution is 0.148. The Morgan fingerprint density at radius 2 is 2.50 bits per heavy atom. The molecule has 0 aliphatic carbocycles. The maximum Gasteiger partial charge on any atom is 0.0689 e. The maximum atomic E-state index is 5.41. The van der Waals surface area contributed by atoms with Crippen molar-refractivity contribution in [3.63, 3.8) is 0 Å². The van der Waals surface area contributed by atoms with Gasteiger partial charge in [0.05, 0.1) is 13.2 Å². The molecule has 16 heavy (non-hydrogen) atoms. The molecule has 2 heterocycles. The lowest BCUT2D eigenvalue weighted by Crippen LogP contribution is -2.31. The Labute approximate surface area is 101 Å². The zero-order valence-corrected chi connectivity index (χ0v) is 10.6. The Hall–Kier alpha value is -0.640. The van der Waals surface area contributed by atoms with Crippen molar-refractivity contribution in [2.45, 2.75) is 25.8 Å². The zero-order valence-electron chi connectivity index (χ0n) is 9.74. The monoisotopic (exact) mass is 237 g/mol. The van der Waals surface area contributed by atoms with Crippen LogP contribution in [0, 0.1) is 0 Å². The van der Waals surface area contributed by atoms with E-state index < -0.39 is 0 Å². The quantitative estimate of drug-likeness (QED) is 0.795. The Bertz CT molecular complexity index is 332. The third-order valence-corrected chi connectivity index (χ3v) is 3.65. The molecule has 1 aliphatic heterocycles. The van der Waals surface area contributed by atoms with Crippen molar-refractivity contribution in [3.8, 4) is 0 Å². The molecule has 0 saturated heterocycles. The van der Waals surface area contributed by atoms with Crippen molar-refractivity contribution in [2.75, 3.05) is 19.8 Å². The van der Waals surface area contributed by atoms with Gasteiger partial charge in [-0.15, -0.1) is 11.3 Å². The molecule has 0 spiro atoms. The van der Waals surface area contributed by atoms with Crippen LogP contribution < -0.4 is 5.32 Å². The van der Waals surface area contributed by atoms with Gasteiger partial charge in [-0.1, -0.05) is 12.1 Å². The molecule has 2 rings (SSSR count). The van der Waals surface area contributed by atoms with Gasteiger partial charge in [0, 0.05) is 17.5 Å². The molecule has 1 aromatic heterocycles. The summed E-state index contributed by atoms with van der Waals surface area (Å²) in [6.07, 6.45) is 4.48. The van der Waals surface area contributed by atoms with Gasteiger partial charge >= 0.3 is 0 Å². The van der Waals surface area contributed by atoms with E-state index in [0.29, 0.717) is 6.04 Å². The van der Waals surface area contributed by atoms with Crippen LogP contribution in [0.4, 0.5) is 0 Å². The molecule has 0 fully saturated rings. The first kappa shape index (κ1) is 11.8. The van der Waals surface area contributed by atoms with Crippen molar-refractivity contribution >= 4 is 11.3 Å². The molecule has 0 saturated carbocycles. The van der Waals surface area contributed by atoms with Gasteiger partial charge in [-0.3, -0.25) is 0 Å². The SMILES string of the molecule is CC(Cc1cccs1)NCC1=CCCOC1. The van der Waals surface area contributed by atoms with E-state index >= 15 is 0 Å². The topological polar surface area (TPSA) is 21.3 Å². The standard InChI is InChI=1S/C13H19NOS/c1-11(8-13-5-3-7-16-13)14-9-12-4-2-6-15-10-12/h3-5,7,11,14H,2,6,8-10H2,1H3. The van der Waals surface area contributed by atoms with Gasteiger partial charge in [-0.25, -0.2) is 0 Å². The molecule has 1 N–H and O–H groups in total. The van der Waals surface area contributed by atoms with Crippen molar-refractivity contribution in [3.05, 3.63) is 34.0 Å². The number of nitrogens with one attached hydrogen (secondary N) is 1. The number of hydrogen-bond donors (Lipinski definition) is 1. The lowest BCUT2D eigenvalue weighted by Gasteiger charge is -2.17. The molecular weight excluding hydrogens is 218 g/mol. The Balaban J connectivity index is 1.71. The zero-order chi connectivity index (χ0) is 11.2. The van der Waals surface area contributed by atoms with E-state index in [1.165, 1.54) is 10.5 Å². The van der Waals surface area contributed by atoms with Crippen molar-refractivity contribution in [1.29, 1.82) is 0 Å². The van der Waals surface area contributed by atoms with Crippen LogP contribution in [0.2, 0.25) is 0 Å². The maximum absolute atomic E-state index is 5.41. The Morgan fingerprint density at radius 3 is 3.19 bits per heavy atom. The van der Waals surface area contributed by atoms with Crippen molar-refractivity contribution < 1.29 is 4.74 Å². The molecule has 1 atom stereocenters. The van der Waals surface area contributed by atoms with Crippen LogP contribution in [0.25, 0.3) is 0 Å². The van der Waals surface area contributed by atoms with Gasteiger partial charge in [0.25, 0.3) is 0 Å². The highest BCUT2D eigenvalue weighted by atomic mass is 32.1. The van der Waals surface area contributed by atoms with E-state index in [1.807, 2.05) is 11.3 Å². The van der Waals surface area contributed by atoms with Crippen LogP contribution in [0.1, 0.15) is 18.2 Å². The summed E-state index contributed by atoms with van der Waals surface area (Å²) < 4.78 is 5.41. The summed E-state index contributed by atoms with van der Waals surface area (Å²) in [5, 5.41) is 5.69. The predicted molar refractivity (Wildman–Crippen MR) is 69.0 cm³/mol. The summed E-state index contributed by atoms with van der Waals surface area (Å²) in [7, 11) is 0. The number of rotatable bonds is 5. The molecule has 0 bridgehead atoms. The molecule has 0 radical (unpaired) electrons. The first-order valence-corrected chi connectivity index (χ1v) is 6.74. The molecule has 3 heteroatoms. The second-order valence-corrected chi connectivity index (χ2v) is 5.30. The van der Waals surface area contributed by atoms with E-state index in [-0.39, 0.29) is 0 Å². The minimum absolute atomic E-state index is 0.529. The fourth-order valence-corrected chi connectivity index (χ4v) is 2.68. The van der Waals surface area contributed by atoms with Crippen LogP contribution in [0.5, 0.6) is 0 Å². The smallest absolute Gasteiger partial charge is 0.0689 e. The van der Waals surface area contributed by atoms with Gasteiger partial charge in [0.15, 0.2) is 0 Å². The molecule has 1 unspecified atom stereocenters. The van der Waals surface area contributed by atoms with Gasteiger partial charge < -0.3 is 10.1 Å². The van der Waals surface area contributed by atoms with Crippen LogP contribution in [-0.2, 0) is 11.2 Å². The van der Waals surface area contributed by atoms with E-state index in [1.54, 1.807) is 0 Å². The molecular formula is C13H19NOS. The van der Waals surface area contributed by atoms with Crippen LogP contribution in [-0.4, -0.2) is 25.8 Å². The average Bonchev–Trinajstić information content (AvgIpc) is 2.81. The normalized spacial score (nSPS) is 18.2. The van der Waals surface area contributed by atoms with Crippen LogP contribution in [0.15, 0.2) is 29.2 Å². The first-order valence-electron chi connectivity index (χ1n) is 5.86. The van der Waals surface area contributed by atoms with Gasteiger partial charge in [0.2, 0.25) is 0 Å². The summed E-state index contributed by atoms with van der Waals surface area (Å²) in [6.45, 7) is 4.89. The highest BCUT2D eigenvalue weighted by molar-refractivity contribution is 7.09. The molecule has 0 aromatic carbocycles. The van der Waals surface area contributed by atoms with E-state index in [4.69, 9.17) is 4.74 Å². The minimum Gasteiger partial charge on any atom is -0.377 e. The fraction of sp³-hybridized carbons (Fsp3) is 0.538. The van der Waals surface area contributed by atoms with Crippen LogP contribution >= 0.6 is 11.3 Å². The van der Waals surface area contributed by atoms with Gasteiger partial charge in [-0.05, 0) is 36.8 Å². The second kappa shape index (κ2) is 6.18. The predicted octanol–water partition coefficient (Wildman–Crippen LogP) is 2.62. The van der Waals surface area contributed by atoms with Crippen molar-refractivity contribution in [2.24, 2.45) is 0 Å². The number of thiophene rings is 1. The number of ether oxygens (including phenoxy) is 1. The second-order valence-electron chi connectivity index (χ2n) is 4.27. The van der Waals surface area contributed by atoms with Gasteiger partial charge in [-0.2, -0.15) is 0 Å². The third-order valence-electron chi connectivity index (χ3n) is 2.75. The largest absolute Gasteiger partial charge is 0.377 e. The van der Waals surface area contributed by atoms with Crippen molar-refractivity contribution in [1.82, 2.24) is 5.32 Å². The number of hydrogen-bond acceptors (Lipinski definition) is 3. The summed E-state index contributed by atoms with van der Waals surface area (Å²) in [6, 6.07) is 4.84. The highest BCUT2D eigenvalue weighted by Gasteiger charge is 2.07. The molecule has 1 aromatic rings. The van der Waals surface area contributed by atoms with Gasteiger partial charge in [0.1, 0.15) is 0 Å². The van der Waals surface area contributed by atoms with E-state index in [0.717, 1.165) is 32.6 Å². The fourth-order valence-electron chi connectivity index (χ4n) is 1.84. The minimum atomic E-state index is 0.529. The average molecular weight is 237 g/mol. The Kier molecular flexibility index (Phi) is 4.57. The Morgan fingerprint density at radius 1 is 1.56 bits per heavy atom. The molecule has 0 amide bonds. The highest BCUT2D eigenvalue weighted by Crippen LogP contribution is 2.11. The molecule has 88 valence electrons. The lowest BCUT2D eigenvalue weighted by atomic mass is 10.1. The van der Waals surface area contributed by atoms with E-state index in [2.05, 4.69) is 35.8 Å². The summed E-state index contributed by atoms with van der Waals surface area (Å²) in [5.74, 6) is 0. The summed E-state index contributed by atoms with van der Waals surface area (Å²) in [4.78, 5) is 1.45. The van der Waals surface area contributed by atoms with Crippen LogP contribution in [0.3, 0.4) is 0 Å². The molecule has 1 aliphatic rings. The summed E-state index contributed by atoms with van der Waals surface area (Å²) in [5.41, 5.74) is 1.39. The summed E-state index contributed by atoms with van der Waals surface area (Å²) >= 11 is 1.83. The van der Waals surface area contributed by atoms with E-state index in [9.17, 15) is 0 Å². The third kappa shape index (κ3) is 3.74. The first-order chi connectivity index (χ1) is 7.84.